The largest absolute Gasteiger partial charge is 0.493 e. The Balaban J connectivity index is 0.000000165. The third kappa shape index (κ3) is 18.1. The standard InChI is InChI=1S/C32H31ClF4N6O2.C32H34ClFN6O3.C30H31Cl2N7O2/c1-7-24(44)41-14-19(6)42(15-18(41)5)29-21-13-22(33)27(20-9-8-10-23(34)25(20)32(35,36)37)39-30(21)43(31(45)40-29)28-17(4)11-12-38-26(28)16(2)3;1-8-25(41)38-15-20(6)39(16-19(38)5)30-22-14-23(33)27(21-10-9-11-24(34)29(21)43-7)36-31(22)40(32(42)37-30)28-18(4)12-13-35-26(28)17(2)3;1-7-23(40)37-13-19(6)38(14-18(37)5)28-21-12-22(31)25(20-11-9-8-10-17(20)4)35-29(21)39(30(41)36-28)26-24(16(2)3)33-15-34-27(26)32/h7-13,16,18-19H,1,14-15H2,2-6H3;8-14,17,19-20H,1,15-16H2,2-7H3;7-12,15-16,18-19H,1,13-14H2,2-6H3. The summed E-state index contributed by atoms with van der Waals surface area (Å²) in [5.41, 5.74) is 3.91. The number of carbonyl (C=O) groups excluding carboxylic acids is 3. The van der Waals surface area contributed by atoms with Crippen LogP contribution >= 0.6 is 46.4 Å². The van der Waals surface area contributed by atoms with Crippen LogP contribution in [0.15, 0.2) is 162 Å². The minimum absolute atomic E-state index is 0.00897. The van der Waals surface area contributed by atoms with Crippen LogP contribution in [0.1, 0.15) is 140 Å². The van der Waals surface area contributed by atoms with Gasteiger partial charge >= 0.3 is 23.2 Å². The summed E-state index contributed by atoms with van der Waals surface area (Å²) in [6, 6.07) is 22.4. The van der Waals surface area contributed by atoms with Gasteiger partial charge in [0.1, 0.15) is 40.8 Å². The highest BCUT2D eigenvalue weighted by Gasteiger charge is 2.42. The molecule has 129 heavy (non-hydrogen) atoms. The number of fused-ring (bicyclic) bond motifs is 3. The molecule has 6 unspecified atom stereocenters. The van der Waals surface area contributed by atoms with Crippen molar-refractivity contribution in [3.8, 4) is 56.6 Å². The van der Waals surface area contributed by atoms with E-state index in [0.29, 0.717) is 128 Å². The summed E-state index contributed by atoms with van der Waals surface area (Å²) < 4.78 is 81.3. The predicted molar refractivity (Wildman–Crippen MR) is 495 cm³/mol. The number of amides is 3. The lowest BCUT2D eigenvalue weighted by atomic mass is 10.0. The monoisotopic (exact) mass is 1840 g/mol. The lowest BCUT2D eigenvalue weighted by molar-refractivity contribution is -0.139. The number of ether oxygens (including phenoxy) is 1. The van der Waals surface area contributed by atoms with Gasteiger partial charge in [-0.3, -0.25) is 24.4 Å². The molecule has 0 N–H and O–H groups in total. The number of aryl methyl sites for hydroxylation is 3. The van der Waals surface area contributed by atoms with Crippen molar-refractivity contribution in [1.29, 1.82) is 0 Å². The summed E-state index contributed by atoms with van der Waals surface area (Å²) in [5.74, 6) is -1.75. The smallest absolute Gasteiger partial charge is 0.419 e. The SMILES string of the molecule is C=CC(=O)N1CC(C)N(c2nc(=O)n(-c3c(C)ccnc3C(C)C)c3nc(-c4cccc(F)c4C(F)(F)F)c(Cl)cc23)CC1C.C=CC(=O)N1CC(C)N(c2nc(=O)n(-c3c(C)ccnc3C(C)C)c3nc(-c4cccc(F)c4OC)c(Cl)cc23)CC1C.C=CC(=O)N1CC(C)N(c2nc(=O)n(-c3c(Cl)ncnc3C(C)C)c3nc(-c4ccccc4C)c(Cl)cc23)CC1C. The molecule has 3 fully saturated rings. The number of piperazine rings is 3. The van der Waals surface area contributed by atoms with Crippen molar-refractivity contribution in [3.63, 3.8) is 0 Å². The predicted octanol–water partition coefficient (Wildman–Crippen LogP) is 18.0. The molecule has 3 saturated heterocycles. The first-order valence-corrected chi connectivity index (χ1v) is 43.3. The first-order valence-electron chi connectivity index (χ1n) is 41.8. The summed E-state index contributed by atoms with van der Waals surface area (Å²) in [7, 11) is 1.38. The molecule has 6 atom stereocenters. The van der Waals surface area contributed by atoms with E-state index in [1.54, 1.807) is 64.3 Å². The van der Waals surface area contributed by atoms with Crippen molar-refractivity contribution < 1.29 is 41.1 Å². The highest BCUT2D eigenvalue weighted by atomic mass is 35.5. The third-order valence-corrected chi connectivity index (χ3v) is 24.5. The van der Waals surface area contributed by atoms with Crippen molar-refractivity contribution in [2.75, 3.05) is 61.1 Å². The topological polar surface area (TPSA) is 275 Å². The molecule has 3 amide bonds. The van der Waals surface area contributed by atoms with Crippen LogP contribution in [-0.4, -0.2) is 179 Å². The Bertz CT molecular complexity index is 6690. The maximum atomic E-state index is 14.8. The average molecular weight is 1840 g/mol. The number of nitrogens with zero attached hydrogens (tertiary/aromatic N) is 19. The van der Waals surface area contributed by atoms with Gasteiger partial charge in [0.2, 0.25) is 17.7 Å². The number of carbonyl (C=O) groups is 3. The molecule has 0 radical (unpaired) electrons. The van der Waals surface area contributed by atoms with Gasteiger partial charge in [0.05, 0.1) is 83.9 Å². The van der Waals surface area contributed by atoms with Gasteiger partial charge in [-0.05, 0) is 164 Å². The highest BCUT2D eigenvalue weighted by molar-refractivity contribution is 6.35. The molecular weight excluding hydrogens is 1740 g/mol. The highest BCUT2D eigenvalue weighted by Crippen LogP contribution is 2.46. The number of aromatic nitrogens is 13. The van der Waals surface area contributed by atoms with Crippen molar-refractivity contribution in [1.82, 2.24) is 78.2 Å². The third-order valence-electron chi connectivity index (χ3n) is 23.4. The molecule has 0 bridgehead atoms. The molecule has 35 heteroatoms. The van der Waals surface area contributed by atoms with Gasteiger partial charge in [0, 0.05) is 105 Å². The lowest BCUT2D eigenvalue weighted by Crippen LogP contribution is -2.58. The Morgan fingerprint density at radius 2 is 0.791 bits per heavy atom. The van der Waals surface area contributed by atoms with Crippen LogP contribution in [0.4, 0.5) is 39.4 Å². The lowest BCUT2D eigenvalue weighted by Gasteiger charge is -2.44. The van der Waals surface area contributed by atoms with E-state index in [4.69, 9.17) is 61.1 Å². The van der Waals surface area contributed by atoms with Gasteiger partial charge in [-0.1, -0.05) is 150 Å². The van der Waals surface area contributed by atoms with Gasteiger partial charge in [-0.2, -0.15) is 28.1 Å². The Morgan fingerprint density at radius 1 is 0.442 bits per heavy atom. The summed E-state index contributed by atoms with van der Waals surface area (Å²) in [4.78, 5) is 137. The Hall–Kier alpha value is -12.5. The molecule has 3 aliphatic heterocycles. The molecule has 0 saturated carbocycles. The van der Waals surface area contributed by atoms with Gasteiger partial charge in [0.25, 0.3) is 0 Å². The number of methoxy groups -OCH3 is 1. The summed E-state index contributed by atoms with van der Waals surface area (Å²) in [6.07, 6.45) is 3.51. The number of benzene rings is 3. The number of alkyl halides is 3. The molecule has 26 nitrogen and oxygen atoms in total. The second-order valence-corrected chi connectivity index (χ2v) is 34.8. The number of rotatable bonds is 16. The number of halogens is 9. The zero-order valence-electron chi connectivity index (χ0n) is 73.9. The number of anilines is 3. The van der Waals surface area contributed by atoms with Crippen molar-refractivity contribution in [2.24, 2.45) is 0 Å². The van der Waals surface area contributed by atoms with Gasteiger partial charge in [-0.15, -0.1) is 0 Å². The molecule has 672 valence electrons. The summed E-state index contributed by atoms with van der Waals surface area (Å²) in [5, 5.41) is 1.97. The average Bonchev–Trinajstić information content (AvgIpc) is 0.733. The van der Waals surface area contributed by atoms with Crippen LogP contribution in [0.3, 0.4) is 0 Å². The molecular formula is C94H96Cl4F5N19O7. The minimum atomic E-state index is -5.05. The van der Waals surface area contributed by atoms with Gasteiger partial charge in [0.15, 0.2) is 33.7 Å². The zero-order valence-corrected chi connectivity index (χ0v) is 77.0. The zero-order chi connectivity index (χ0) is 93.7. The van der Waals surface area contributed by atoms with E-state index >= 15 is 0 Å². The second-order valence-electron chi connectivity index (χ2n) is 33.2. The van der Waals surface area contributed by atoms with Crippen molar-refractivity contribution >= 4 is 115 Å². The van der Waals surface area contributed by atoms with E-state index in [-0.39, 0.29) is 127 Å². The fraction of sp³-hybridized carbons (Fsp3) is 0.340. The molecule has 0 spiro atoms. The van der Waals surface area contributed by atoms with Crippen LogP contribution in [0.5, 0.6) is 5.75 Å². The van der Waals surface area contributed by atoms with Crippen LogP contribution in [0, 0.1) is 32.4 Å². The Morgan fingerprint density at radius 3 is 1.16 bits per heavy atom. The fourth-order valence-corrected chi connectivity index (χ4v) is 18.0. The van der Waals surface area contributed by atoms with Crippen molar-refractivity contribution in [3.05, 3.63) is 250 Å². The summed E-state index contributed by atoms with van der Waals surface area (Å²) in [6.45, 7) is 42.1. The Labute approximate surface area is 761 Å². The first-order chi connectivity index (χ1) is 61.2. The number of hydrogen-bond acceptors (Lipinski definition) is 20. The van der Waals surface area contributed by atoms with E-state index in [2.05, 4.69) is 59.6 Å². The quantitative estimate of drug-likeness (QED) is 0.0494. The Kier molecular flexibility index (Phi) is 27.8. The second kappa shape index (κ2) is 38.1. The normalized spacial score (nSPS) is 17.2. The first kappa shape index (κ1) is 94.2. The molecule has 12 aromatic rings. The molecule has 3 aliphatic rings. The van der Waals surface area contributed by atoms with Crippen LogP contribution in [-0.2, 0) is 20.6 Å². The summed E-state index contributed by atoms with van der Waals surface area (Å²) >= 11 is 27.1. The number of para-hydroxylation sites is 1. The molecule has 0 aliphatic carbocycles. The van der Waals surface area contributed by atoms with Gasteiger partial charge < -0.3 is 34.1 Å². The van der Waals surface area contributed by atoms with E-state index in [1.165, 1.54) is 57.5 Å². The molecule has 15 rings (SSSR count). The van der Waals surface area contributed by atoms with Crippen LogP contribution < -0.4 is 36.5 Å². The minimum Gasteiger partial charge on any atom is -0.493 e. The van der Waals surface area contributed by atoms with E-state index in [0.717, 1.165) is 28.8 Å². The molecule has 9 aromatic heterocycles. The maximum Gasteiger partial charge on any atom is 0.419 e. The molecule has 12 heterocycles. The van der Waals surface area contributed by atoms with E-state index in [1.807, 2.05) is 142 Å². The van der Waals surface area contributed by atoms with Gasteiger partial charge in [-0.25, -0.2) is 61.8 Å². The maximum absolute atomic E-state index is 14.8. The van der Waals surface area contributed by atoms with Crippen LogP contribution in [0.25, 0.3) is 83.9 Å². The number of pyridine rings is 5. The number of hydrogen-bond donors (Lipinski definition) is 0. The van der Waals surface area contributed by atoms with E-state index < -0.39 is 46.0 Å². The van der Waals surface area contributed by atoms with E-state index in [9.17, 15) is 50.7 Å². The van der Waals surface area contributed by atoms with Crippen LogP contribution in [0.2, 0.25) is 20.2 Å². The molecule has 3 aromatic carbocycles. The fourth-order valence-electron chi connectivity index (χ4n) is 17.0. The van der Waals surface area contributed by atoms with Crippen molar-refractivity contribution in [2.45, 2.75) is 164 Å².